The number of hydrogen-bond donors (Lipinski definition) is 1. The molecule has 0 unspecified atom stereocenters. The summed E-state index contributed by atoms with van der Waals surface area (Å²) in [6.07, 6.45) is -4.57. The first kappa shape index (κ1) is 23.4. The zero-order chi connectivity index (χ0) is 24.5. The van der Waals surface area contributed by atoms with Gasteiger partial charge >= 0.3 is 12.1 Å². The van der Waals surface area contributed by atoms with E-state index in [-0.39, 0.29) is 29.4 Å². The van der Waals surface area contributed by atoms with Crippen molar-refractivity contribution in [2.75, 3.05) is 0 Å². The Hall–Kier alpha value is -3.78. The lowest BCUT2D eigenvalue weighted by atomic mass is 10.1. The number of ether oxygens (including phenoxy) is 1. The average Bonchev–Trinajstić information content (AvgIpc) is 3.19. The van der Waals surface area contributed by atoms with Crippen molar-refractivity contribution >= 4 is 17.6 Å². The number of carboxylic acids is 1. The fraction of sp³-hybridized carbons (Fsp3) is 0.120. The van der Waals surface area contributed by atoms with Crippen molar-refractivity contribution in [3.05, 3.63) is 100 Å². The van der Waals surface area contributed by atoms with E-state index < -0.39 is 17.7 Å². The number of rotatable bonds is 6. The third-order valence-corrected chi connectivity index (χ3v) is 5.55. The van der Waals surface area contributed by atoms with Crippen LogP contribution in [0.15, 0.2) is 72.8 Å². The number of carbonyl (C=O) groups is 1. The summed E-state index contributed by atoms with van der Waals surface area (Å²) in [7, 11) is 0. The minimum Gasteiger partial charge on any atom is -0.488 e. The van der Waals surface area contributed by atoms with E-state index in [1.54, 1.807) is 54.0 Å². The molecule has 0 aliphatic carbocycles. The predicted octanol–water partition coefficient (Wildman–Crippen LogP) is 6.80. The summed E-state index contributed by atoms with van der Waals surface area (Å²) >= 11 is 6.19. The molecule has 2 aromatic carbocycles. The number of aromatic nitrogens is 2. The topological polar surface area (TPSA) is 64.3 Å². The molecule has 34 heavy (non-hydrogen) atoms. The first-order chi connectivity index (χ1) is 16.1. The summed E-state index contributed by atoms with van der Waals surface area (Å²) in [6, 6.07) is 18.0. The molecular weight excluding hydrogens is 469 g/mol. The van der Waals surface area contributed by atoms with Crippen LogP contribution in [0.3, 0.4) is 0 Å². The van der Waals surface area contributed by atoms with Gasteiger partial charge < -0.3 is 9.84 Å². The van der Waals surface area contributed by atoms with Crippen LogP contribution in [0.25, 0.3) is 17.1 Å². The number of hydrogen-bond acceptors (Lipinski definition) is 3. The van der Waals surface area contributed by atoms with E-state index >= 15 is 0 Å². The van der Waals surface area contributed by atoms with Crippen molar-refractivity contribution in [2.24, 2.45) is 0 Å². The molecule has 4 rings (SSSR count). The second-order valence-corrected chi connectivity index (χ2v) is 7.88. The highest BCUT2D eigenvalue weighted by atomic mass is 35.5. The Bertz CT molecular complexity index is 1370. The molecule has 1 N–H and O–H groups in total. The van der Waals surface area contributed by atoms with Crippen LogP contribution >= 0.6 is 11.6 Å². The van der Waals surface area contributed by atoms with Crippen molar-refractivity contribution in [1.82, 2.24) is 9.55 Å². The Morgan fingerprint density at radius 2 is 1.82 bits per heavy atom. The van der Waals surface area contributed by atoms with Crippen LogP contribution in [0.2, 0.25) is 5.02 Å². The summed E-state index contributed by atoms with van der Waals surface area (Å²) in [5, 5.41) is 9.78. The van der Waals surface area contributed by atoms with Crippen LogP contribution in [-0.2, 0) is 12.8 Å². The number of benzene rings is 2. The van der Waals surface area contributed by atoms with Crippen molar-refractivity contribution in [3.63, 3.8) is 0 Å². The highest BCUT2D eigenvalue weighted by molar-refractivity contribution is 6.31. The number of aromatic carboxylic acids is 1. The van der Waals surface area contributed by atoms with Gasteiger partial charge in [0.2, 0.25) is 0 Å². The first-order valence-corrected chi connectivity index (χ1v) is 10.5. The largest absolute Gasteiger partial charge is 0.488 e. The van der Waals surface area contributed by atoms with Crippen LogP contribution < -0.4 is 4.74 Å². The Labute approximate surface area is 198 Å². The molecule has 5 nitrogen and oxygen atoms in total. The molecular formula is C25H18ClF3N2O3. The van der Waals surface area contributed by atoms with E-state index in [1.807, 2.05) is 0 Å². The second kappa shape index (κ2) is 9.23. The minimum absolute atomic E-state index is 0.0461. The maximum atomic E-state index is 13.5. The predicted molar refractivity (Wildman–Crippen MR) is 121 cm³/mol. The normalized spacial score (nSPS) is 11.4. The highest BCUT2D eigenvalue weighted by Gasteiger charge is 2.32. The van der Waals surface area contributed by atoms with Crippen LogP contribution in [0.5, 0.6) is 5.75 Å². The van der Waals surface area contributed by atoms with Crippen molar-refractivity contribution < 1.29 is 27.8 Å². The lowest BCUT2D eigenvalue weighted by molar-refractivity contribution is -0.137. The van der Waals surface area contributed by atoms with Gasteiger partial charge in [0.25, 0.3) is 0 Å². The molecule has 174 valence electrons. The van der Waals surface area contributed by atoms with E-state index in [4.69, 9.17) is 16.3 Å². The van der Waals surface area contributed by atoms with Gasteiger partial charge in [0.05, 0.1) is 11.3 Å². The quantitative estimate of drug-likeness (QED) is 0.325. The second-order valence-electron chi connectivity index (χ2n) is 7.47. The minimum atomic E-state index is -4.57. The Morgan fingerprint density at radius 1 is 1.06 bits per heavy atom. The van der Waals surface area contributed by atoms with Gasteiger partial charge in [-0.15, -0.1) is 0 Å². The molecule has 0 amide bonds. The number of pyridine rings is 1. The summed E-state index contributed by atoms with van der Waals surface area (Å²) < 4.78 is 48.1. The van der Waals surface area contributed by atoms with E-state index in [9.17, 15) is 23.1 Å². The Kier molecular flexibility index (Phi) is 6.34. The standard InChI is InChI=1S/C25H18ClF3N2O3/c1-15-9-11-21(31(15)23-8-4-7-20(30-23)24(32)33)18-13-17(25(27,28)29)10-12-22(18)34-14-16-5-2-3-6-19(16)26/h2-13H,14H2,1H3,(H,32,33). The molecule has 2 heterocycles. The Balaban J connectivity index is 1.84. The van der Waals surface area contributed by atoms with Crippen LogP contribution in [0.4, 0.5) is 13.2 Å². The number of carboxylic acid groups (broad SMARTS) is 1. The van der Waals surface area contributed by atoms with Gasteiger partial charge in [0.1, 0.15) is 18.2 Å². The fourth-order valence-corrected chi connectivity index (χ4v) is 3.71. The Morgan fingerprint density at radius 3 is 2.53 bits per heavy atom. The molecule has 9 heteroatoms. The molecule has 0 radical (unpaired) electrons. The van der Waals surface area contributed by atoms with Gasteiger partial charge in [-0.2, -0.15) is 13.2 Å². The molecule has 0 saturated heterocycles. The van der Waals surface area contributed by atoms with E-state index in [0.29, 0.717) is 22.0 Å². The number of aryl methyl sites for hydroxylation is 1. The highest BCUT2D eigenvalue weighted by Crippen LogP contribution is 2.39. The van der Waals surface area contributed by atoms with Gasteiger partial charge in [-0.3, -0.25) is 4.57 Å². The van der Waals surface area contributed by atoms with Crippen molar-refractivity contribution in [3.8, 4) is 22.8 Å². The zero-order valence-electron chi connectivity index (χ0n) is 17.8. The maximum absolute atomic E-state index is 13.5. The zero-order valence-corrected chi connectivity index (χ0v) is 18.6. The van der Waals surface area contributed by atoms with E-state index in [1.165, 1.54) is 18.2 Å². The molecule has 0 bridgehead atoms. The third-order valence-electron chi connectivity index (χ3n) is 5.18. The molecule has 0 atom stereocenters. The van der Waals surface area contributed by atoms with Crippen molar-refractivity contribution in [2.45, 2.75) is 19.7 Å². The monoisotopic (exact) mass is 486 g/mol. The molecule has 2 aromatic heterocycles. The van der Waals surface area contributed by atoms with Crippen LogP contribution in [0.1, 0.15) is 27.3 Å². The molecule has 0 aliphatic rings. The fourth-order valence-electron chi connectivity index (χ4n) is 3.52. The molecule has 0 aliphatic heterocycles. The van der Waals surface area contributed by atoms with Gasteiger partial charge in [-0.25, -0.2) is 9.78 Å². The summed E-state index contributed by atoms with van der Waals surface area (Å²) in [6.45, 7) is 1.79. The lowest BCUT2D eigenvalue weighted by Crippen LogP contribution is -2.09. The average molecular weight is 487 g/mol. The molecule has 4 aromatic rings. The van der Waals surface area contributed by atoms with E-state index in [0.717, 1.165) is 12.1 Å². The van der Waals surface area contributed by atoms with Gasteiger partial charge in [0, 0.05) is 21.8 Å². The summed E-state index contributed by atoms with van der Waals surface area (Å²) in [4.78, 5) is 15.5. The summed E-state index contributed by atoms with van der Waals surface area (Å²) in [5.41, 5.74) is 0.850. The molecule has 0 fully saturated rings. The molecule has 0 saturated carbocycles. The molecule has 0 spiro atoms. The van der Waals surface area contributed by atoms with Crippen molar-refractivity contribution in [1.29, 1.82) is 0 Å². The lowest BCUT2D eigenvalue weighted by Gasteiger charge is -2.17. The SMILES string of the molecule is Cc1ccc(-c2cc(C(F)(F)F)ccc2OCc2ccccc2Cl)n1-c1cccc(C(=O)O)n1. The number of nitrogens with zero attached hydrogens (tertiary/aromatic N) is 2. The van der Waals surface area contributed by atoms with Crippen LogP contribution in [0, 0.1) is 6.92 Å². The van der Waals surface area contributed by atoms with Gasteiger partial charge in [0.15, 0.2) is 5.69 Å². The van der Waals surface area contributed by atoms with E-state index in [2.05, 4.69) is 4.98 Å². The number of alkyl halides is 3. The number of halogens is 4. The summed E-state index contributed by atoms with van der Waals surface area (Å²) in [5.74, 6) is -0.746. The maximum Gasteiger partial charge on any atom is 0.416 e. The van der Waals surface area contributed by atoms with Crippen LogP contribution in [-0.4, -0.2) is 20.6 Å². The van der Waals surface area contributed by atoms with Gasteiger partial charge in [-0.1, -0.05) is 35.9 Å². The first-order valence-electron chi connectivity index (χ1n) is 10.1. The smallest absolute Gasteiger partial charge is 0.416 e. The third kappa shape index (κ3) is 4.77. The van der Waals surface area contributed by atoms with Gasteiger partial charge in [-0.05, 0) is 55.5 Å².